The fourth-order valence-electron chi connectivity index (χ4n) is 4.44. The molecule has 0 unspecified atom stereocenters. The predicted octanol–water partition coefficient (Wildman–Crippen LogP) is 4.95. The molecule has 0 radical (unpaired) electrons. The Bertz CT molecular complexity index is 1380. The van der Waals surface area contributed by atoms with Gasteiger partial charge in [-0.1, -0.05) is 54.6 Å². The number of ether oxygens (including phenoxy) is 2. The predicted molar refractivity (Wildman–Crippen MR) is 129 cm³/mol. The van der Waals surface area contributed by atoms with Crippen molar-refractivity contribution in [3.63, 3.8) is 0 Å². The lowest BCUT2D eigenvalue weighted by Gasteiger charge is -2.25. The SMILES string of the molecule is COCCCN1C(=O)c2oc3ccccc3c(=O)c2[C@@H]1c1cccc(OCc2ccccc2)c1. The maximum Gasteiger partial charge on any atom is 0.290 e. The number of nitrogens with zero attached hydrogens (tertiary/aromatic N) is 1. The molecule has 5 rings (SSSR count). The summed E-state index contributed by atoms with van der Waals surface area (Å²) in [6.45, 7) is 1.37. The van der Waals surface area contributed by atoms with Crippen LogP contribution >= 0.6 is 0 Å². The summed E-state index contributed by atoms with van der Waals surface area (Å²) in [5.74, 6) is 0.501. The van der Waals surface area contributed by atoms with Gasteiger partial charge in [0.25, 0.3) is 5.91 Å². The minimum absolute atomic E-state index is 0.113. The zero-order chi connectivity index (χ0) is 23.5. The summed E-state index contributed by atoms with van der Waals surface area (Å²) in [6, 6.07) is 24.0. The normalized spacial score (nSPS) is 15.0. The number of hydrogen-bond donors (Lipinski definition) is 0. The fraction of sp³-hybridized carbons (Fsp3) is 0.214. The van der Waals surface area contributed by atoms with Crippen molar-refractivity contribution in [2.45, 2.75) is 19.1 Å². The topological polar surface area (TPSA) is 69.0 Å². The third-order valence-electron chi connectivity index (χ3n) is 6.04. The monoisotopic (exact) mass is 455 g/mol. The molecule has 34 heavy (non-hydrogen) atoms. The van der Waals surface area contributed by atoms with Crippen molar-refractivity contribution in [3.8, 4) is 5.75 Å². The lowest BCUT2D eigenvalue weighted by Crippen LogP contribution is -2.31. The van der Waals surface area contributed by atoms with E-state index < -0.39 is 6.04 Å². The van der Waals surface area contributed by atoms with Gasteiger partial charge in [-0.15, -0.1) is 0 Å². The molecule has 6 heteroatoms. The van der Waals surface area contributed by atoms with Crippen LogP contribution in [0.1, 0.15) is 39.7 Å². The van der Waals surface area contributed by atoms with Crippen molar-refractivity contribution in [2.75, 3.05) is 20.3 Å². The molecule has 1 aliphatic rings. The summed E-state index contributed by atoms with van der Waals surface area (Å²) in [4.78, 5) is 28.6. The van der Waals surface area contributed by atoms with Gasteiger partial charge in [0, 0.05) is 20.3 Å². The first kappa shape index (κ1) is 21.9. The van der Waals surface area contributed by atoms with Crippen LogP contribution in [-0.4, -0.2) is 31.1 Å². The molecule has 172 valence electrons. The summed E-state index contributed by atoms with van der Waals surface area (Å²) >= 11 is 0. The third kappa shape index (κ3) is 4.08. The Morgan fingerprint density at radius 1 is 0.941 bits per heavy atom. The van der Waals surface area contributed by atoms with Crippen LogP contribution in [0.5, 0.6) is 5.75 Å². The van der Waals surface area contributed by atoms with Crippen molar-refractivity contribution >= 4 is 16.9 Å². The van der Waals surface area contributed by atoms with E-state index in [2.05, 4.69) is 0 Å². The van der Waals surface area contributed by atoms with Gasteiger partial charge in [-0.25, -0.2) is 0 Å². The van der Waals surface area contributed by atoms with Crippen LogP contribution in [0.2, 0.25) is 0 Å². The van der Waals surface area contributed by atoms with Crippen molar-refractivity contribution < 1.29 is 18.7 Å². The van der Waals surface area contributed by atoms with Gasteiger partial charge >= 0.3 is 0 Å². The number of para-hydroxylation sites is 1. The molecule has 2 heterocycles. The second-order valence-electron chi connectivity index (χ2n) is 8.26. The van der Waals surface area contributed by atoms with Crippen molar-refractivity contribution in [1.29, 1.82) is 0 Å². The summed E-state index contributed by atoms with van der Waals surface area (Å²) in [5, 5.41) is 0.467. The Balaban J connectivity index is 1.55. The molecule has 0 saturated heterocycles. The molecule has 0 saturated carbocycles. The van der Waals surface area contributed by atoms with Crippen LogP contribution in [0, 0.1) is 0 Å². The van der Waals surface area contributed by atoms with Gasteiger partial charge in [0.15, 0.2) is 5.43 Å². The number of carbonyl (C=O) groups excluding carboxylic acids is 1. The summed E-state index contributed by atoms with van der Waals surface area (Å²) < 4.78 is 17.2. The number of hydrogen-bond acceptors (Lipinski definition) is 5. The van der Waals surface area contributed by atoms with Gasteiger partial charge in [0.2, 0.25) is 5.76 Å². The number of rotatable bonds is 8. The van der Waals surface area contributed by atoms with Gasteiger partial charge in [-0.3, -0.25) is 9.59 Å². The van der Waals surface area contributed by atoms with Gasteiger partial charge in [0.05, 0.1) is 17.0 Å². The molecular weight excluding hydrogens is 430 g/mol. The molecule has 0 bridgehead atoms. The number of methoxy groups -OCH3 is 1. The molecular formula is C28H25NO5. The maximum atomic E-state index is 13.5. The van der Waals surface area contributed by atoms with E-state index >= 15 is 0 Å². The Labute approximate surface area is 197 Å². The first-order valence-electron chi connectivity index (χ1n) is 11.3. The second-order valence-corrected chi connectivity index (χ2v) is 8.26. The van der Waals surface area contributed by atoms with Gasteiger partial charge in [0.1, 0.15) is 17.9 Å². The van der Waals surface area contributed by atoms with Crippen LogP contribution in [0.25, 0.3) is 11.0 Å². The fourth-order valence-corrected chi connectivity index (χ4v) is 4.44. The number of fused-ring (bicyclic) bond motifs is 2. The highest BCUT2D eigenvalue weighted by Gasteiger charge is 2.42. The average Bonchev–Trinajstić information content (AvgIpc) is 3.16. The molecule has 4 aromatic rings. The van der Waals surface area contributed by atoms with E-state index in [0.717, 1.165) is 11.1 Å². The summed E-state index contributed by atoms with van der Waals surface area (Å²) in [7, 11) is 1.63. The van der Waals surface area contributed by atoms with E-state index in [1.54, 1.807) is 36.3 Å². The second kappa shape index (κ2) is 9.53. The van der Waals surface area contributed by atoms with Crippen LogP contribution < -0.4 is 10.2 Å². The van der Waals surface area contributed by atoms with Crippen LogP contribution in [0.15, 0.2) is 88.1 Å². The summed E-state index contributed by atoms with van der Waals surface area (Å²) in [6.07, 6.45) is 0.643. The van der Waals surface area contributed by atoms with E-state index in [4.69, 9.17) is 13.9 Å². The molecule has 1 atom stereocenters. The molecule has 6 nitrogen and oxygen atoms in total. The Morgan fingerprint density at radius 2 is 1.74 bits per heavy atom. The zero-order valence-corrected chi connectivity index (χ0v) is 18.9. The minimum atomic E-state index is -0.555. The molecule has 0 spiro atoms. The first-order valence-corrected chi connectivity index (χ1v) is 11.3. The van der Waals surface area contributed by atoms with Crippen molar-refractivity contribution in [1.82, 2.24) is 4.90 Å². The highest BCUT2D eigenvalue weighted by molar-refractivity contribution is 5.99. The highest BCUT2D eigenvalue weighted by Crippen LogP contribution is 2.39. The van der Waals surface area contributed by atoms with E-state index in [0.29, 0.717) is 48.5 Å². The summed E-state index contributed by atoms with van der Waals surface area (Å²) in [5.41, 5.74) is 2.47. The molecule has 1 aliphatic heterocycles. The smallest absolute Gasteiger partial charge is 0.290 e. The van der Waals surface area contributed by atoms with E-state index in [1.807, 2.05) is 54.6 Å². The number of carbonyl (C=O) groups is 1. The van der Waals surface area contributed by atoms with Gasteiger partial charge < -0.3 is 18.8 Å². The standard InChI is InChI=1S/C28H25NO5/c1-32-16-8-15-29-25(20-11-7-12-21(17-20)33-18-19-9-3-2-4-10-19)24-26(30)22-13-5-6-14-23(22)34-27(24)28(29)31/h2-7,9-14,17,25H,8,15-16,18H2,1H3/t25-/m0/s1. The van der Waals surface area contributed by atoms with E-state index in [-0.39, 0.29) is 17.1 Å². The van der Waals surface area contributed by atoms with Crippen LogP contribution in [0.4, 0.5) is 0 Å². The number of benzene rings is 3. The largest absolute Gasteiger partial charge is 0.489 e. The first-order chi connectivity index (χ1) is 16.7. The minimum Gasteiger partial charge on any atom is -0.489 e. The van der Waals surface area contributed by atoms with Crippen molar-refractivity contribution in [2.24, 2.45) is 0 Å². The molecule has 0 N–H and O–H groups in total. The van der Waals surface area contributed by atoms with Gasteiger partial charge in [-0.05, 0) is 41.8 Å². The Morgan fingerprint density at radius 3 is 2.56 bits per heavy atom. The van der Waals surface area contributed by atoms with E-state index in [1.165, 1.54) is 0 Å². The average molecular weight is 456 g/mol. The van der Waals surface area contributed by atoms with Crippen LogP contribution in [-0.2, 0) is 11.3 Å². The molecule has 0 fully saturated rings. The third-order valence-corrected chi connectivity index (χ3v) is 6.04. The highest BCUT2D eigenvalue weighted by atomic mass is 16.5. The molecule has 1 amide bonds. The quantitative estimate of drug-likeness (QED) is 0.352. The lowest BCUT2D eigenvalue weighted by molar-refractivity contribution is 0.0707. The maximum absolute atomic E-state index is 13.5. The van der Waals surface area contributed by atoms with E-state index in [9.17, 15) is 9.59 Å². The number of amides is 1. The Hall–Kier alpha value is -3.90. The zero-order valence-electron chi connectivity index (χ0n) is 18.9. The molecule has 1 aromatic heterocycles. The lowest BCUT2D eigenvalue weighted by atomic mass is 9.98. The molecule has 3 aromatic carbocycles. The van der Waals surface area contributed by atoms with Crippen LogP contribution in [0.3, 0.4) is 0 Å². The van der Waals surface area contributed by atoms with Gasteiger partial charge in [-0.2, -0.15) is 0 Å². The van der Waals surface area contributed by atoms with Crippen molar-refractivity contribution in [3.05, 3.63) is 112 Å². The Kier molecular flexibility index (Phi) is 6.14. The molecule has 0 aliphatic carbocycles.